The molecule has 0 saturated heterocycles. The zero-order chi connectivity index (χ0) is 15.1. The average molecular weight is 279 g/mol. The van der Waals surface area contributed by atoms with E-state index in [1.807, 2.05) is 13.8 Å². The van der Waals surface area contributed by atoms with E-state index < -0.39 is 0 Å². The molecule has 0 N–H and O–H groups in total. The third-order valence-electron chi connectivity index (χ3n) is 3.01. The highest BCUT2D eigenvalue weighted by Gasteiger charge is 2.19. The molecule has 0 aromatic heterocycles. The van der Waals surface area contributed by atoms with Crippen molar-refractivity contribution in [2.24, 2.45) is 0 Å². The van der Waals surface area contributed by atoms with Crippen molar-refractivity contribution in [2.75, 3.05) is 20.8 Å². The molecule has 0 aliphatic heterocycles. The van der Waals surface area contributed by atoms with Gasteiger partial charge in [0.2, 0.25) is 0 Å². The van der Waals surface area contributed by atoms with E-state index in [1.54, 1.807) is 36.3 Å². The first-order valence-corrected chi connectivity index (χ1v) is 6.51. The predicted molar refractivity (Wildman–Crippen MR) is 75.8 cm³/mol. The fourth-order valence-corrected chi connectivity index (χ4v) is 1.81. The molecule has 0 unspecified atom stereocenters. The summed E-state index contributed by atoms with van der Waals surface area (Å²) in [5.74, 6) is 0.275. The van der Waals surface area contributed by atoms with Gasteiger partial charge in [-0.05, 0) is 38.1 Å². The van der Waals surface area contributed by atoms with Gasteiger partial charge in [-0.3, -0.25) is 9.59 Å². The standard InChI is InChI=1S/C15H21NO4/c1-11(2)16(10-9-14(17)20-4)15(18)12-5-7-13(19-3)8-6-12/h5-8,11H,9-10H2,1-4H3. The molecule has 0 aliphatic rings. The van der Waals surface area contributed by atoms with Gasteiger partial charge in [0.15, 0.2) is 0 Å². The molecule has 1 amide bonds. The lowest BCUT2D eigenvalue weighted by Crippen LogP contribution is -2.38. The summed E-state index contributed by atoms with van der Waals surface area (Å²) in [6, 6.07) is 6.93. The minimum Gasteiger partial charge on any atom is -0.497 e. The molecule has 5 nitrogen and oxygen atoms in total. The Morgan fingerprint density at radius 1 is 1.15 bits per heavy atom. The summed E-state index contributed by atoms with van der Waals surface area (Å²) in [7, 11) is 2.92. The van der Waals surface area contributed by atoms with Gasteiger partial charge < -0.3 is 14.4 Å². The predicted octanol–water partition coefficient (Wildman–Crippen LogP) is 2.11. The quantitative estimate of drug-likeness (QED) is 0.748. The maximum absolute atomic E-state index is 12.4. The summed E-state index contributed by atoms with van der Waals surface area (Å²) in [5.41, 5.74) is 0.573. The van der Waals surface area contributed by atoms with Gasteiger partial charge in [-0.1, -0.05) is 0 Å². The molecule has 0 aliphatic carbocycles. The monoisotopic (exact) mass is 279 g/mol. The highest BCUT2D eigenvalue weighted by molar-refractivity contribution is 5.94. The molecule has 0 saturated carbocycles. The smallest absolute Gasteiger partial charge is 0.307 e. The molecule has 1 rings (SSSR count). The van der Waals surface area contributed by atoms with E-state index in [0.29, 0.717) is 17.9 Å². The third kappa shape index (κ3) is 4.26. The van der Waals surface area contributed by atoms with Crippen molar-refractivity contribution in [3.05, 3.63) is 29.8 Å². The number of esters is 1. The van der Waals surface area contributed by atoms with E-state index in [9.17, 15) is 9.59 Å². The SMILES string of the molecule is COC(=O)CCN(C(=O)c1ccc(OC)cc1)C(C)C. The van der Waals surface area contributed by atoms with Crippen LogP contribution in [0.2, 0.25) is 0 Å². The number of carbonyl (C=O) groups is 2. The molecule has 0 bridgehead atoms. The van der Waals surface area contributed by atoms with Crippen LogP contribution in [-0.4, -0.2) is 43.6 Å². The summed E-state index contributed by atoms with van der Waals surface area (Å²) >= 11 is 0. The van der Waals surface area contributed by atoms with Gasteiger partial charge in [-0.25, -0.2) is 0 Å². The van der Waals surface area contributed by atoms with E-state index in [0.717, 1.165) is 0 Å². The van der Waals surface area contributed by atoms with E-state index >= 15 is 0 Å². The number of hydrogen-bond donors (Lipinski definition) is 0. The highest BCUT2D eigenvalue weighted by Crippen LogP contribution is 2.14. The van der Waals surface area contributed by atoms with Crippen LogP contribution in [0.4, 0.5) is 0 Å². The highest BCUT2D eigenvalue weighted by atomic mass is 16.5. The third-order valence-corrected chi connectivity index (χ3v) is 3.01. The maximum Gasteiger partial charge on any atom is 0.307 e. The average Bonchev–Trinajstić information content (AvgIpc) is 2.46. The van der Waals surface area contributed by atoms with Crippen molar-refractivity contribution in [1.29, 1.82) is 0 Å². The van der Waals surface area contributed by atoms with Gasteiger partial charge in [0.25, 0.3) is 5.91 Å². The summed E-state index contributed by atoms with van der Waals surface area (Å²) in [6.07, 6.45) is 0.191. The number of nitrogens with zero attached hydrogens (tertiary/aromatic N) is 1. The first kappa shape index (κ1) is 16.0. The molecule has 20 heavy (non-hydrogen) atoms. The number of ether oxygens (including phenoxy) is 2. The maximum atomic E-state index is 12.4. The molecule has 110 valence electrons. The van der Waals surface area contributed by atoms with Crippen molar-refractivity contribution in [3.8, 4) is 5.75 Å². The van der Waals surface area contributed by atoms with E-state index in [1.165, 1.54) is 7.11 Å². The van der Waals surface area contributed by atoms with E-state index in [2.05, 4.69) is 4.74 Å². The fourth-order valence-electron chi connectivity index (χ4n) is 1.81. The fraction of sp³-hybridized carbons (Fsp3) is 0.467. The molecule has 1 aromatic carbocycles. The zero-order valence-electron chi connectivity index (χ0n) is 12.4. The second-order valence-electron chi connectivity index (χ2n) is 4.65. The summed E-state index contributed by atoms with van der Waals surface area (Å²) in [4.78, 5) is 25.3. The van der Waals surface area contributed by atoms with Crippen LogP contribution in [0.1, 0.15) is 30.6 Å². The van der Waals surface area contributed by atoms with Crippen LogP contribution in [0, 0.1) is 0 Å². The molecule has 0 heterocycles. The van der Waals surface area contributed by atoms with Gasteiger partial charge in [0, 0.05) is 18.2 Å². The van der Waals surface area contributed by atoms with Crippen LogP contribution >= 0.6 is 0 Å². The van der Waals surface area contributed by atoms with Crippen LogP contribution in [-0.2, 0) is 9.53 Å². The summed E-state index contributed by atoms with van der Waals surface area (Å²) < 4.78 is 9.67. The lowest BCUT2D eigenvalue weighted by Gasteiger charge is -2.26. The van der Waals surface area contributed by atoms with Gasteiger partial charge >= 0.3 is 5.97 Å². The molecule has 0 radical (unpaired) electrons. The van der Waals surface area contributed by atoms with Crippen LogP contribution in [0.5, 0.6) is 5.75 Å². The van der Waals surface area contributed by atoms with Gasteiger partial charge in [-0.2, -0.15) is 0 Å². The molecule has 0 fully saturated rings. The minimum atomic E-state index is -0.321. The number of benzene rings is 1. The number of carbonyl (C=O) groups excluding carboxylic acids is 2. The molecular formula is C15H21NO4. The Morgan fingerprint density at radius 3 is 2.20 bits per heavy atom. The molecule has 0 atom stereocenters. The Morgan fingerprint density at radius 2 is 1.75 bits per heavy atom. The van der Waals surface area contributed by atoms with Crippen LogP contribution in [0.15, 0.2) is 24.3 Å². The number of amides is 1. The molecular weight excluding hydrogens is 258 g/mol. The van der Waals surface area contributed by atoms with Crippen LogP contribution in [0.25, 0.3) is 0 Å². The van der Waals surface area contributed by atoms with E-state index in [4.69, 9.17) is 4.74 Å². The van der Waals surface area contributed by atoms with Gasteiger partial charge in [0.1, 0.15) is 5.75 Å². The Hall–Kier alpha value is -2.04. The number of methoxy groups -OCH3 is 2. The van der Waals surface area contributed by atoms with Crippen molar-refractivity contribution >= 4 is 11.9 Å². The lowest BCUT2D eigenvalue weighted by atomic mass is 10.1. The van der Waals surface area contributed by atoms with Crippen LogP contribution < -0.4 is 4.74 Å². The second kappa shape index (κ2) is 7.53. The number of rotatable bonds is 6. The Kier molecular flexibility index (Phi) is 6.03. The first-order valence-electron chi connectivity index (χ1n) is 6.51. The Bertz CT molecular complexity index is 453. The summed E-state index contributed by atoms with van der Waals surface area (Å²) in [5, 5.41) is 0. The number of hydrogen-bond acceptors (Lipinski definition) is 4. The molecule has 1 aromatic rings. The second-order valence-corrected chi connectivity index (χ2v) is 4.65. The zero-order valence-corrected chi connectivity index (χ0v) is 12.4. The topological polar surface area (TPSA) is 55.8 Å². The Balaban J connectivity index is 2.79. The van der Waals surface area contributed by atoms with Crippen molar-refractivity contribution in [3.63, 3.8) is 0 Å². The van der Waals surface area contributed by atoms with Crippen molar-refractivity contribution < 1.29 is 19.1 Å². The molecule has 0 spiro atoms. The largest absolute Gasteiger partial charge is 0.497 e. The minimum absolute atomic E-state index is 0.00857. The first-order chi connectivity index (χ1) is 9.49. The van der Waals surface area contributed by atoms with E-state index in [-0.39, 0.29) is 24.3 Å². The summed E-state index contributed by atoms with van der Waals surface area (Å²) in [6.45, 7) is 4.17. The Labute approximate surface area is 119 Å². The lowest BCUT2D eigenvalue weighted by molar-refractivity contribution is -0.140. The molecule has 5 heteroatoms. The van der Waals surface area contributed by atoms with Crippen LogP contribution in [0.3, 0.4) is 0 Å². The van der Waals surface area contributed by atoms with Crippen molar-refractivity contribution in [2.45, 2.75) is 26.3 Å². The van der Waals surface area contributed by atoms with Gasteiger partial charge in [-0.15, -0.1) is 0 Å². The van der Waals surface area contributed by atoms with Gasteiger partial charge in [0.05, 0.1) is 20.6 Å². The van der Waals surface area contributed by atoms with Crippen molar-refractivity contribution in [1.82, 2.24) is 4.90 Å². The normalized spacial score (nSPS) is 10.2.